The fraction of sp³-hybridized carbons (Fsp3) is 0.410. The van der Waals surface area contributed by atoms with Crippen LogP contribution in [-0.4, -0.2) is 82.4 Å². The quantitative estimate of drug-likeness (QED) is 0.272. The summed E-state index contributed by atoms with van der Waals surface area (Å²) in [4.78, 5) is 70.4. The normalized spacial score (nSPS) is 15.1. The molecular formula is C39H48N4O7. The van der Waals surface area contributed by atoms with Crippen LogP contribution in [0.1, 0.15) is 57.7 Å². The van der Waals surface area contributed by atoms with Gasteiger partial charge in [0.1, 0.15) is 17.2 Å². The second kappa shape index (κ2) is 17.1. The van der Waals surface area contributed by atoms with Gasteiger partial charge >= 0.3 is 6.09 Å². The molecule has 0 aliphatic carbocycles. The van der Waals surface area contributed by atoms with Crippen LogP contribution in [0.3, 0.4) is 0 Å². The van der Waals surface area contributed by atoms with Crippen molar-refractivity contribution >= 4 is 29.7 Å². The Hall–Kier alpha value is -5.03. The van der Waals surface area contributed by atoms with Crippen molar-refractivity contribution in [3.63, 3.8) is 0 Å². The van der Waals surface area contributed by atoms with Crippen molar-refractivity contribution in [1.82, 2.24) is 20.4 Å². The van der Waals surface area contributed by atoms with Crippen molar-refractivity contribution in [2.75, 3.05) is 19.7 Å². The van der Waals surface area contributed by atoms with E-state index in [-0.39, 0.29) is 51.0 Å². The van der Waals surface area contributed by atoms with E-state index in [0.717, 1.165) is 16.7 Å². The molecule has 3 aromatic rings. The summed E-state index contributed by atoms with van der Waals surface area (Å²) in [5, 5.41) is 5.34. The molecule has 0 bridgehead atoms. The van der Waals surface area contributed by atoms with Gasteiger partial charge in [0.2, 0.25) is 23.6 Å². The standard InChI is InChI=1S/C39H48N4O7/c1-38(2,3)50-37(48)41-39(4,5)36(47)40-32(27-49-26-30-19-13-8-14-20-30)35(46)42-22-21-31(25-42)43(33(44)23-28-15-9-6-10-16-28)34(45)24-29-17-11-7-12-18-29/h6-20,31-32H,21-27H2,1-5H3,(H,40,47)(H,41,48). The number of hydrogen-bond acceptors (Lipinski definition) is 7. The fourth-order valence-corrected chi connectivity index (χ4v) is 5.63. The van der Waals surface area contributed by atoms with E-state index in [2.05, 4.69) is 10.6 Å². The highest BCUT2D eigenvalue weighted by Gasteiger charge is 2.40. The van der Waals surface area contributed by atoms with Gasteiger partial charge in [-0.2, -0.15) is 0 Å². The maximum absolute atomic E-state index is 14.1. The van der Waals surface area contributed by atoms with Gasteiger partial charge in [0.05, 0.1) is 32.1 Å². The first-order valence-corrected chi connectivity index (χ1v) is 16.9. The number of rotatable bonds is 13. The topological polar surface area (TPSA) is 134 Å². The first-order chi connectivity index (χ1) is 23.7. The lowest BCUT2D eigenvalue weighted by Gasteiger charge is -2.31. The minimum absolute atomic E-state index is 0.0392. The number of hydrogen-bond donors (Lipinski definition) is 2. The van der Waals surface area contributed by atoms with Crippen LogP contribution in [-0.2, 0) is 48.1 Å². The smallest absolute Gasteiger partial charge is 0.408 e. The lowest BCUT2D eigenvalue weighted by molar-refractivity contribution is -0.147. The molecule has 2 N–H and O–H groups in total. The molecule has 266 valence electrons. The number of carbonyl (C=O) groups is 5. The number of imide groups is 1. The highest BCUT2D eigenvalue weighted by Crippen LogP contribution is 2.21. The van der Waals surface area contributed by atoms with Crippen molar-refractivity contribution < 1.29 is 33.4 Å². The van der Waals surface area contributed by atoms with Crippen LogP contribution in [0.2, 0.25) is 0 Å². The third kappa shape index (κ3) is 11.3. The average Bonchev–Trinajstić information content (AvgIpc) is 3.53. The van der Waals surface area contributed by atoms with Crippen LogP contribution in [0.4, 0.5) is 4.79 Å². The molecule has 4 rings (SSSR count). The first-order valence-electron chi connectivity index (χ1n) is 16.9. The highest BCUT2D eigenvalue weighted by molar-refractivity contribution is 5.98. The van der Waals surface area contributed by atoms with E-state index in [1.165, 1.54) is 18.7 Å². The molecule has 3 aromatic carbocycles. The number of alkyl carbamates (subject to hydrolysis) is 1. The summed E-state index contributed by atoms with van der Waals surface area (Å²) in [6.07, 6.45) is -0.317. The van der Waals surface area contributed by atoms with Crippen molar-refractivity contribution in [3.8, 4) is 0 Å². The Kier molecular flexibility index (Phi) is 12.9. The van der Waals surface area contributed by atoms with Crippen LogP contribution in [0.5, 0.6) is 0 Å². The van der Waals surface area contributed by atoms with Crippen molar-refractivity contribution in [3.05, 3.63) is 108 Å². The fourth-order valence-electron chi connectivity index (χ4n) is 5.63. The largest absolute Gasteiger partial charge is 0.444 e. The summed E-state index contributed by atoms with van der Waals surface area (Å²) >= 11 is 0. The number of nitrogens with one attached hydrogen (secondary N) is 2. The van der Waals surface area contributed by atoms with Gasteiger partial charge in [-0.1, -0.05) is 91.0 Å². The number of likely N-dealkylation sites (tertiary alicyclic amines) is 1. The van der Waals surface area contributed by atoms with Crippen LogP contribution in [0.25, 0.3) is 0 Å². The molecule has 11 nitrogen and oxygen atoms in total. The summed E-state index contributed by atoms with van der Waals surface area (Å²) in [6.45, 7) is 8.60. The zero-order chi connectivity index (χ0) is 36.3. The Morgan fingerprint density at radius 2 is 1.28 bits per heavy atom. The van der Waals surface area contributed by atoms with Crippen molar-refractivity contribution in [2.45, 2.75) is 83.7 Å². The minimum atomic E-state index is -1.43. The summed E-state index contributed by atoms with van der Waals surface area (Å²) in [7, 11) is 0. The van der Waals surface area contributed by atoms with Crippen LogP contribution >= 0.6 is 0 Å². The maximum atomic E-state index is 14.1. The molecule has 50 heavy (non-hydrogen) atoms. The van der Waals surface area contributed by atoms with Gasteiger partial charge in [0.15, 0.2) is 0 Å². The first kappa shape index (κ1) is 37.8. The molecule has 0 spiro atoms. The predicted molar refractivity (Wildman–Crippen MR) is 189 cm³/mol. The Morgan fingerprint density at radius 3 is 1.78 bits per heavy atom. The molecule has 1 saturated heterocycles. The van der Waals surface area contributed by atoms with Crippen LogP contribution in [0, 0.1) is 0 Å². The van der Waals surface area contributed by atoms with Gasteiger partial charge in [-0.25, -0.2) is 4.79 Å². The summed E-state index contributed by atoms with van der Waals surface area (Å²) in [5.74, 6) is -1.73. The molecule has 1 fully saturated rings. The molecule has 1 aliphatic rings. The molecule has 2 unspecified atom stereocenters. The number of benzene rings is 3. The van der Waals surface area contributed by atoms with Gasteiger partial charge < -0.3 is 25.0 Å². The van der Waals surface area contributed by atoms with Gasteiger partial charge in [-0.3, -0.25) is 24.1 Å². The predicted octanol–water partition coefficient (Wildman–Crippen LogP) is 4.43. The lowest BCUT2D eigenvalue weighted by Crippen LogP contribution is -2.60. The zero-order valence-corrected chi connectivity index (χ0v) is 29.5. The number of ether oxygens (including phenoxy) is 2. The molecule has 0 saturated carbocycles. The Bertz CT molecular complexity index is 1550. The molecule has 11 heteroatoms. The average molecular weight is 685 g/mol. The Labute approximate surface area is 294 Å². The summed E-state index contributed by atoms with van der Waals surface area (Å²) in [6, 6.07) is 26.2. The second-order valence-electron chi connectivity index (χ2n) is 14.0. The molecule has 0 aromatic heterocycles. The van der Waals surface area contributed by atoms with Crippen LogP contribution < -0.4 is 10.6 Å². The third-order valence-corrected chi connectivity index (χ3v) is 8.15. The second-order valence-corrected chi connectivity index (χ2v) is 14.0. The third-order valence-electron chi connectivity index (χ3n) is 8.15. The van der Waals surface area contributed by atoms with E-state index < -0.39 is 41.1 Å². The Balaban J connectivity index is 1.51. The summed E-state index contributed by atoms with van der Waals surface area (Å²) in [5.41, 5.74) is 0.246. The van der Waals surface area contributed by atoms with Crippen LogP contribution in [0.15, 0.2) is 91.0 Å². The van der Waals surface area contributed by atoms with Gasteiger partial charge in [0.25, 0.3) is 0 Å². The van der Waals surface area contributed by atoms with E-state index in [4.69, 9.17) is 9.47 Å². The number of carbonyl (C=O) groups excluding carboxylic acids is 5. The lowest BCUT2D eigenvalue weighted by atomic mass is 10.0. The SMILES string of the molecule is CC(C)(C)OC(=O)NC(C)(C)C(=O)NC(COCc1ccccc1)C(=O)N1CCC(N(C(=O)Cc2ccccc2)C(=O)Cc2ccccc2)C1. The molecule has 1 heterocycles. The van der Waals surface area contributed by atoms with E-state index in [0.29, 0.717) is 6.42 Å². The minimum Gasteiger partial charge on any atom is -0.444 e. The highest BCUT2D eigenvalue weighted by atomic mass is 16.6. The van der Waals surface area contributed by atoms with Gasteiger partial charge in [-0.15, -0.1) is 0 Å². The van der Waals surface area contributed by atoms with E-state index in [1.807, 2.05) is 91.0 Å². The zero-order valence-electron chi connectivity index (χ0n) is 29.5. The molecule has 0 radical (unpaired) electrons. The molecular weight excluding hydrogens is 636 g/mol. The van der Waals surface area contributed by atoms with E-state index in [9.17, 15) is 24.0 Å². The maximum Gasteiger partial charge on any atom is 0.408 e. The van der Waals surface area contributed by atoms with Crippen molar-refractivity contribution in [1.29, 1.82) is 0 Å². The Morgan fingerprint density at radius 1 is 0.780 bits per heavy atom. The summed E-state index contributed by atoms with van der Waals surface area (Å²) < 4.78 is 11.2. The van der Waals surface area contributed by atoms with E-state index >= 15 is 0 Å². The van der Waals surface area contributed by atoms with Gasteiger partial charge in [-0.05, 0) is 57.7 Å². The molecule has 2 atom stereocenters. The van der Waals surface area contributed by atoms with Gasteiger partial charge in [0, 0.05) is 13.1 Å². The van der Waals surface area contributed by atoms with Crippen molar-refractivity contribution in [2.24, 2.45) is 0 Å². The number of nitrogens with zero attached hydrogens (tertiary/aromatic N) is 2. The molecule has 5 amide bonds. The molecule has 1 aliphatic heterocycles. The van der Waals surface area contributed by atoms with E-state index in [1.54, 1.807) is 25.7 Å². The number of amides is 5. The monoisotopic (exact) mass is 684 g/mol.